The average molecular weight is 379 g/mol. The fraction of sp³-hybridized carbons (Fsp3) is 0.600. The van der Waals surface area contributed by atoms with Gasteiger partial charge in [-0.1, -0.05) is 15.9 Å². The zero-order chi connectivity index (χ0) is 15.9. The SMILES string of the molecule is CN(CCN1CCOCC1)Cc1cc(Br)ccc1OC(F)F. The summed E-state index contributed by atoms with van der Waals surface area (Å²) in [5.74, 6) is 0.233. The van der Waals surface area contributed by atoms with Crippen molar-refractivity contribution >= 4 is 15.9 Å². The molecule has 1 fully saturated rings. The van der Waals surface area contributed by atoms with Gasteiger partial charge in [0.25, 0.3) is 0 Å². The molecule has 4 nitrogen and oxygen atoms in total. The van der Waals surface area contributed by atoms with Crippen LogP contribution in [0.3, 0.4) is 0 Å². The lowest BCUT2D eigenvalue weighted by molar-refractivity contribution is -0.0507. The lowest BCUT2D eigenvalue weighted by atomic mass is 10.2. The summed E-state index contributed by atoms with van der Waals surface area (Å²) in [5.41, 5.74) is 0.749. The van der Waals surface area contributed by atoms with Crippen molar-refractivity contribution in [3.63, 3.8) is 0 Å². The molecule has 0 amide bonds. The highest BCUT2D eigenvalue weighted by atomic mass is 79.9. The normalized spacial score (nSPS) is 16.5. The van der Waals surface area contributed by atoms with Crippen LogP contribution in [0.25, 0.3) is 0 Å². The van der Waals surface area contributed by atoms with Crippen molar-refractivity contribution in [2.24, 2.45) is 0 Å². The zero-order valence-electron chi connectivity index (χ0n) is 12.6. The molecule has 0 atom stereocenters. The Bertz CT molecular complexity index is 471. The van der Waals surface area contributed by atoms with Crippen LogP contribution in [-0.4, -0.2) is 62.9 Å². The molecule has 1 heterocycles. The summed E-state index contributed by atoms with van der Waals surface area (Å²) < 4.78 is 35.7. The van der Waals surface area contributed by atoms with Gasteiger partial charge in [-0.15, -0.1) is 0 Å². The molecule has 0 aliphatic carbocycles. The molecule has 0 aromatic heterocycles. The van der Waals surface area contributed by atoms with E-state index in [1.54, 1.807) is 12.1 Å². The van der Waals surface area contributed by atoms with Crippen LogP contribution in [0, 0.1) is 0 Å². The first-order valence-corrected chi connectivity index (χ1v) is 8.06. The molecule has 2 rings (SSSR count). The van der Waals surface area contributed by atoms with Crippen LogP contribution in [0.2, 0.25) is 0 Å². The van der Waals surface area contributed by atoms with Crippen molar-refractivity contribution < 1.29 is 18.3 Å². The van der Waals surface area contributed by atoms with Gasteiger partial charge in [0.05, 0.1) is 13.2 Å². The van der Waals surface area contributed by atoms with Gasteiger partial charge in [-0.2, -0.15) is 8.78 Å². The van der Waals surface area contributed by atoms with E-state index < -0.39 is 6.61 Å². The fourth-order valence-electron chi connectivity index (χ4n) is 2.39. The summed E-state index contributed by atoms with van der Waals surface area (Å²) >= 11 is 3.37. The summed E-state index contributed by atoms with van der Waals surface area (Å²) in [7, 11) is 1.98. The van der Waals surface area contributed by atoms with Gasteiger partial charge in [-0.05, 0) is 25.2 Å². The third-order valence-electron chi connectivity index (χ3n) is 3.58. The van der Waals surface area contributed by atoms with E-state index in [0.717, 1.165) is 49.4 Å². The number of morpholine rings is 1. The minimum absolute atomic E-state index is 0.233. The first-order chi connectivity index (χ1) is 10.5. The molecule has 0 N–H and O–H groups in total. The van der Waals surface area contributed by atoms with E-state index in [1.807, 2.05) is 13.1 Å². The minimum atomic E-state index is -2.81. The number of likely N-dealkylation sites (N-methyl/N-ethyl adjacent to an activating group) is 1. The van der Waals surface area contributed by atoms with Crippen LogP contribution in [0.15, 0.2) is 22.7 Å². The van der Waals surface area contributed by atoms with Gasteiger partial charge in [0.1, 0.15) is 5.75 Å². The molecule has 1 aliphatic rings. The molecule has 7 heteroatoms. The van der Waals surface area contributed by atoms with Gasteiger partial charge in [0.15, 0.2) is 0 Å². The van der Waals surface area contributed by atoms with E-state index in [1.165, 1.54) is 0 Å². The lowest BCUT2D eigenvalue weighted by Gasteiger charge is -2.28. The molecule has 1 aromatic rings. The van der Waals surface area contributed by atoms with E-state index in [9.17, 15) is 8.78 Å². The maximum absolute atomic E-state index is 12.5. The number of hydrogen-bond acceptors (Lipinski definition) is 4. The van der Waals surface area contributed by atoms with Crippen molar-refractivity contribution in [1.29, 1.82) is 0 Å². The van der Waals surface area contributed by atoms with Crippen LogP contribution < -0.4 is 4.74 Å². The number of nitrogens with zero attached hydrogens (tertiary/aromatic N) is 2. The maximum Gasteiger partial charge on any atom is 0.387 e. The van der Waals surface area contributed by atoms with Crippen LogP contribution in [0.5, 0.6) is 5.75 Å². The van der Waals surface area contributed by atoms with Crippen LogP contribution in [-0.2, 0) is 11.3 Å². The molecule has 124 valence electrons. The molecule has 1 aliphatic heterocycles. The Hall–Kier alpha value is -0.760. The van der Waals surface area contributed by atoms with Crippen molar-refractivity contribution in [2.75, 3.05) is 46.4 Å². The Kier molecular flexibility index (Phi) is 7.01. The molecule has 0 spiro atoms. The average Bonchev–Trinajstić information content (AvgIpc) is 2.49. The largest absolute Gasteiger partial charge is 0.434 e. The van der Waals surface area contributed by atoms with Gasteiger partial charge in [-0.3, -0.25) is 4.90 Å². The quantitative estimate of drug-likeness (QED) is 0.728. The maximum atomic E-state index is 12.5. The highest BCUT2D eigenvalue weighted by Crippen LogP contribution is 2.25. The summed E-state index contributed by atoms with van der Waals surface area (Å²) in [6.07, 6.45) is 0. The second kappa shape index (κ2) is 8.76. The Morgan fingerprint density at radius 2 is 2.09 bits per heavy atom. The molecule has 0 radical (unpaired) electrons. The lowest BCUT2D eigenvalue weighted by Crippen LogP contribution is -2.40. The van der Waals surface area contributed by atoms with Crippen molar-refractivity contribution in [1.82, 2.24) is 9.80 Å². The van der Waals surface area contributed by atoms with E-state index in [4.69, 9.17) is 4.74 Å². The third-order valence-corrected chi connectivity index (χ3v) is 4.07. The zero-order valence-corrected chi connectivity index (χ0v) is 14.2. The number of hydrogen-bond donors (Lipinski definition) is 0. The van der Waals surface area contributed by atoms with Crippen LogP contribution in [0.4, 0.5) is 8.78 Å². The molecule has 22 heavy (non-hydrogen) atoms. The van der Waals surface area contributed by atoms with Gasteiger partial charge in [-0.25, -0.2) is 0 Å². The topological polar surface area (TPSA) is 24.9 Å². The Balaban J connectivity index is 1.89. The summed E-state index contributed by atoms with van der Waals surface area (Å²) in [6.45, 7) is 3.02. The van der Waals surface area contributed by atoms with E-state index >= 15 is 0 Å². The standard InChI is InChI=1S/C15H21BrF2N2O2/c1-19(4-5-20-6-8-21-9-7-20)11-12-10-13(16)2-3-14(12)22-15(17)18/h2-3,10,15H,4-9,11H2,1H3. The molecule has 1 aromatic carbocycles. The predicted octanol–water partition coefficient (Wildman–Crippen LogP) is 2.81. The molecule has 1 saturated heterocycles. The van der Waals surface area contributed by atoms with Gasteiger partial charge in [0.2, 0.25) is 0 Å². The highest BCUT2D eigenvalue weighted by molar-refractivity contribution is 9.10. The van der Waals surface area contributed by atoms with Crippen LogP contribution >= 0.6 is 15.9 Å². The Morgan fingerprint density at radius 1 is 1.36 bits per heavy atom. The van der Waals surface area contributed by atoms with Gasteiger partial charge < -0.3 is 14.4 Å². The van der Waals surface area contributed by atoms with Crippen molar-refractivity contribution in [3.8, 4) is 5.75 Å². The smallest absolute Gasteiger partial charge is 0.387 e. The van der Waals surface area contributed by atoms with Gasteiger partial charge >= 0.3 is 6.61 Å². The molecular formula is C15H21BrF2N2O2. The molecule has 0 unspecified atom stereocenters. The van der Waals surface area contributed by atoms with E-state index in [-0.39, 0.29) is 5.75 Å². The van der Waals surface area contributed by atoms with E-state index in [2.05, 4.69) is 30.5 Å². The van der Waals surface area contributed by atoms with Crippen molar-refractivity contribution in [2.45, 2.75) is 13.2 Å². The van der Waals surface area contributed by atoms with Crippen LogP contribution in [0.1, 0.15) is 5.56 Å². The number of halogens is 3. The monoisotopic (exact) mass is 378 g/mol. The van der Waals surface area contributed by atoms with Gasteiger partial charge in [0, 0.05) is 42.8 Å². The van der Waals surface area contributed by atoms with E-state index in [0.29, 0.717) is 6.54 Å². The number of ether oxygens (including phenoxy) is 2. The predicted molar refractivity (Wildman–Crippen MR) is 84.4 cm³/mol. The minimum Gasteiger partial charge on any atom is -0.434 e. The Labute approximate surface area is 138 Å². The summed E-state index contributed by atoms with van der Waals surface area (Å²) in [6, 6.07) is 5.10. The first-order valence-electron chi connectivity index (χ1n) is 7.26. The first kappa shape index (κ1) is 17.6. The molecular weight excluding hydrogens is 358 g/mol. The number of rotatable bonds is 7. The highest BCUT2D eigenvalue weighted by Gasteiger charge is 2.14. The fourth-order valence-corrected chi connectivity index (χ4v) is 2.80. The Morgan fingerprint density at radius 3 is 2.77 bits per heavy atom. The molecule has 0 saturated carbocycles. The summed E-state index contributed by atoms with van der Waals surface area (Å²) in [5, 5.41) is 0. The number of alkyl halides is 2. The third kappa shape index (κ3) is 5.79. The number of benzene rings is 1. The summed E-state index contributed by atoms with van der Waals surface area (Å²) in [4.78, 5) is 4.45. The second-order valence-corrected chi connectivity index (χ2v) is 6.24. The van der Waals surface area contributed by atoms with Crippen molar-refractivity contribution in [3.05, 3.63) is 28.2 Å². The second-order valence-electron chi connectivity index (χ2n) is 5.32. The molecule has 0 bridgehead atoms.